The Kier molecular flexibility index (Phi) is 5.25. The summed E-state index contributed by atoms with van der Waals surface area (Å²) in [7, 11) is 0. The van der Waals surface area contributed by atoms with E-state index in [1.54, 1.807) is 23.1 Å². The molecule has 4 rings (SSSR count). The molecule has 1 aromatic heterocycles. The summed E-state index contributed by atoms with van der Waals surface area (Å²) in [4.78, 5) is 19.3. The molecule has 0 spiro atoms. The van der Waals surface area contributed by atoms with Crippen LogP contribution in [0.15, 0.2) is 54.7 Å². The highest BCUT2D eigenvalue weighted by Crippen LogP contribution is 2.31. The highest BCUT2D eigenvalue weighted by molar-refractivity contribution is 7.16. The average Bonchev–Trinajstić information content (AvgIpc) is 3.21. The molecule has 144 valence electrons. The number of benzene rings is 2. The molecule has 1 aliphatic rings. The van der Waals surface area contributed by atoms with Crippen molar-refractivity contribution in [3.05, 3.63) is 65.4 Å². The minimum absolute atomic E-state index is 0.148. The lowest BCUT2D eigenvalue weighted by atomic mass is 10.2. The Bertz CT molecular complexity index is 991. The van der Waals surface area contributed by atoms with E-state index < -0.39 is 0 Å². The Balaban J connectivity index is 1.47. The molecule has 1 aliphatic heterocycles. The van der Waals surface area contributed by atoms with Crippen molar-refractivity contribution in [1.82, 2.24) is 9.88 Å². The predicted molar refractivity (Wildman–Crippen MR) is 105 cm³/mol. The highest BCUT2D eigenvalue weighted by Gasteiger charge is 2.26. The van der Waals surface area contributed by atoms with Gasteiger partial charge in [-0.1, -0.05) is 24.3 Å². The fraction of sp³-hybridized carbons (Fsp3) is 0.238. The van der Waals surface area contributed by atoms with Gasteiger partial charge in [-0.15, -0.1) is 11.3 Å². The topological polar surface area (TPSA) is 51.7 Å². The molecule has 1 atom stereocenters. The summed E-state index contributed by atoms with van der Waals surface area (Å²) >= 11 is 1.19. The number of ether oxygens (including phenoxy) is 2. The molecule has 28 heavy (non-hydrogen) atoms. The molecule has 0 N–H and O–H groups in total. The Morgan fingerprint density at radius 3 is 2.75 bits per heavy atom. The van der Waals surface area contributed by atoms with Crippen molar-refractivity contribution in [2.75, 3.05) is 19.7 Å². The fourth-order valence-corrected chi connectivity index (χ4v) is 3.95. The van der Waals surface area contributed by atoms with E-state index in [-0.39, 0.29) is 17.8 Å². The average molecular weight is 398 g/mol. The first-order valence-electron chi connectivity index (χ1n) is 9.04. The lowest BCUT2D eigenvalue weighted by Gasteiger charge is -2.30. The molecule has 0 bridgehead atoms. The van der Waals surface area contributed by atoms with Gasteiger partial charge in [-0.2, -0.15) is 0 Å². The van der Waals surface area contributed by atoms with Crippen LogP contribution in [0.4, 0.5) is 4.39 Å². The number of nitrogens with zero attached hydrogens (tertiary/aromatic N) is 2. The van der Waals surface area contributed by atoms with E-state index >= 15 is 0 Å². The standard InChI is InChI=1S/C21H19FN2O3S/c1-2-24(12-14-13-26-17-9-5-6-10-18(17)27-14)21(25)19-11-23-20(28-19)15-7-3-4-8-16(15)22/h3-11,14H,2,12-13H2,1H3. The quantitative estimate of drug-likeness (QED) is 0.645. The zero-order valence-electron chi connectivity index (χ0n) is 15.3. The van der Waals surface area contributed by atoms with Gasteiger partial charge >= 0.3 is 0 Å². The van der Waals surface area contributed by atoms with Crippen LogP contribution in [0.5, 0.6) is 11.5 Å². The Labute approximate surface area is 166 Å². The molecule has 5 nitrogen and oxygen atoms in total. The van der Waals surface area contributed by atoms with Crippen LogP contribution >= 0.6 is 11.3 Å². The van der Waals surface area contributed by atoms with Crippen LogP contribution in [0.3, 0.4) is 0 Å². The predicted octanol–water partition coefficient (Wildman–Crippen LogP) is 4.25. The van der Waals surface area contributed by atoms with Gasteiger partial charge in [0.05, 0.1) is 12.7 Å². The van der Waals surface area contributed by atoms with E-state index in [1.165, 1.54) is 23.6 Å². The number of carbonyl (C=O) groups excluding carboxylic acids is 1. The first kappa shape index (κ1) is 18.4. The molecule has 0 saturated carbocycles. The molecule has 3 aromatic rings. The van der Waals surface area contributed by atoms with Crippen LogP contribution < -0.4 is 9.47 Å². The first-order chi connectivity index (χ1) is 13.7. The number of amides is 1. The zero-order valence-corrected chi connectivity index (χ0v) is 16.1. The van der Waals surface area contributed by atoms with Crippen molar-refractivity contribution in [2.45, 2.75) is 13.0 Å². The lowest BCUT2D eigenvalue weighted by molar-refractivity contribution is 0.0478. The lowest BCUT2D eigenvalue weighted by Crippen LogP contribution is -2.43. The summed E-state index contributed by atoms with van der Waals surface area (Å²) in [6, 6.07) is 13.9. The molecular formula is C21H19FN2O3S. The number of para-hydroxylation sites is 2. The molecular weight excluding hydrogens is 379 g/mol. The van der Waals surface area contributed by atoms with Gasteiger partial charge in [0.2, 0.25) is 0 Å². The van der Waals surface area contributed by atoms with Crippen molar-refractivity contribution in [2.24, 2.45) is 0 Å². The number of thiazole rings is 1. The van der Waals surface area contributed by atoms with E-state index in [2.05, 4.69) is 4.98 Å². The van der Waals surface area contributed by atoms with Crippen molar-refractivity contribution in [3.8, 4) is 22.1 Å². The largest absolute Gasteiger partial charge is 0.486 e. The van der Waals surface area contributed by atoms with Gasteiger partial charge in [0.25, 0.3) is 5.91 Å². The summed E-state index contributed by atoms with van der Waals surface area (Å²) in [6.07, 6.45) is 1.25. The second-order valence-corrected chi connectivity index (χ2v) is 7.38. The number of hydrogen-bond acceptors (Lipinski definition) is 5. The minimum Gasteiger partial charge on any atom is -0.486 e. The second-order valence-electron chi connectivity index (χ2n) is 6.35. The van der Waals surface area contributed by atoms with Gasteiger partial charge in [-0.05, 0) is 31.2 Å². The van der Waals surface area contributed by atoms with Crippen LogP contribution in [-0.4, -0.2) is 41.6 Å². The third-order valence-corrected chi connectivity index (χ3v) is 5.50. The number of fused-ring (bicyclic) bond motifs is 1. The maximum absolute atomic E-state index is 14.0. The molecule has 1 unspecified atom stereocenters. The summed E-state index contributed by atoms with van der Waals surface area (Å²) in [6.45, 7) is 3.21. The van der Waals surface area contributed by atoms with Crippen molar-refractivity contribution in [3.63, 3.8) is 0 Å². The van der Waals surface area contributed by atoms with Crippen molar-refractivity contribution in [1.29, 1.82) is 0 Å². The van der Waals surface area contributed by atoms with Crippen LogP contribution in [0.25, 0.3) is 10.6 Å². The van der Waals surface area contributed by atoms with Gasteiger partial charge in [0, 0.05) is 12.1 Å². The maximum Gasteiger partial charge on any atom is 0.265 e. The van der Waals surface area contributed by atoms with Crippen LogP contribution in [0.1, 0.15) is 16.6 Å². The Morgan fingerprint density at radius 1 is 1.21 bits per heavy atom. The van der Waals surface area contributed by atoms with Gasteiger partial charge < -0.3 is 14.4 Å². The SMILES string of the molecule is CCN(CC1COc2ccccc2O1)C(=O)c1cnc(-c2ccccc2F)s1. The molecule has 0 aliphatic carbocycles. The number of halogens is 1. The summed E-state index contributed by atoms with van der Waals surface area (Å²) in [5.74, 6) is 0.895. The van der Waals surface area contributed by atoms with Crippen LogP contribution in [0, 0.1) is 5.82 Å². The van der Waals surface area contributed by atoms with Crippen LogP contribution in [0.2, 0.25) is 0 Å². The van der Waals surface area contributed by atoms with E-state index in [9.17, 15) is 9.18 Å². The first-order valence-corrected chi connectivity index (χ1v) is 9.86. The zero-order chi connectivity index (χ0) is 19.5. The minimum atomic E-state index is -0.352. The Morgan fingerprint density at radius 2 is 1.96 bits per heavy atom. The normalized spacial score (nSPS) is 15.3. The van der Waals surface area contributed by atoms with E-state index in [4.69, 9.17) is 9.47 Å². The van der Waals surface area contributed by atoms with E-state index in [0.29, 0.717) is 46.6 Å². The third kappa shape index (κ3) is 3.71. The number of rotatable bonds is 5. The molecule has 0 saturated heterocycles. The Hall–Kier alpha value is -2.93. The molecule has 1 amide bonds. The molecule has 0 fully saturated rings. The van der Waals surface area contributed by atoms with Gasteiger partial charge in [0.15, 0.2) is 17.6 Å². The maximum atomic E-state index is 14.0. The van der Waals surface area contributed by atoms with Crippen molar-refractivity contribution < 1.29 is 18.7 Å². The molecule has 2 heterocycles. The van der Waals surface area contributed by atoms with Gasteiger partial charge in [-0.3, -0.25) is 4.79 Å². The van der Waals surface area contributed by atoms with Crippen LogP contribution in [-0.2, 0) is 0 Å². The van der Waals surface area contributed by atoms with Gasteiger partial charge in [-0.25, -0.2) is 9.37 Å². The third-order valence-electron chi connectivity index (χ3n) is 4.48. The fourth-order valence-electron chi connectivity index (χ4n) is 3.04. The number of aromatic nitrogens is 1. The summed E-state index contributed by atoms with van der Waals surface area (Å²) in [5.41, 5.74) is 0.398. The molecule has 2 aromatic carbocycles. The van der Waals surface area contributed by atoms with Crippen molar-refractivity contribution >= 4 is 17.2 Å². The number of carbonyl (C=O) groups is 1. The summed E-state index contributed by atoms with van der Waals surface area (Å²) in [5, 5.41) is 0.490. The molecule has 0 radical (unpaired) electrons. The highest BCUT2D eigenvalue weighted by atomic mass is 32.1. The van der Waals surface area contributed by atoms with E-state index in [0.717, 1.165) is 0 Å². The smallest absolute Gasteiger partial charge is 0.265 e. The monoisotopic (exact) mass is 398 g/mol. The molecule has 7 heteroatoms. The summed E-state index contributed by atoms with van der Waals surface area (Å²) < 4.78 is 25.7. The second kappa shape index (κ2) is 7.98. The van der Waals surface area contributed by atoms with Gasteiger partial charge in [0.1, 0.15) is 22.3 Å². The number of likely N-dealkylation sites (N-methyl/N-ethyl adjacent to an activating group) is 1. The number of hydrogen-bond donors (Lipinski definition) is 0. The van der Waals surface area contributed by atoms with E-state index in [1.807, 2.05) is 31.2 Å².